The standard InChI is InChI=1S/C10H22OSi/c1-5-12(6-2,7-3)9-8-10(9,4)11/h9,11H,5-8H2,1-4H3. The number of rotatable bonds is 4. The highest BCUT2D eigenvalue weighted by Crippen LogP contribution is 2.58. The molecule has 1 aliphatic rings. The Kier molecular flexibility index (Phi) is 2.69. The molecule has 1 saturated carbocycles. The Balaban J connectivity index is 2.68. The van der Waals surface area contributed by atoms with Crippen LogP contribution in [-0.2, 0) is 0 Å². The third kappa shape index (κ3) is 1.47. The maximum atomic E-state index is 9.86. The first-order valence-corrected chi connectivity index (χ1v) is 7.94. The van der Waals surface area contributed by atoms with Gasteiger partial charge in [0.25, 0.3) is 0 Å². The quantitative estimate of drug-likeness (QED) is 0.669. The molecule has 2 heteroatoms. The van der Waals surface area contributed by atoms with Crippen LogP contribution in [0.4, 0.5) is 0 Å². The summed E-state index contributed by atoms with van der Waals surface area (Å²) < 4.78 is 0. The van der Waals surface area contributed by atoms with Gasteiger partial charge in [0.2, 0.25) is 0 Å². The lowest BCUT2D eigenvalue weighted by atomic mass is 10.4. The number of hydrogen-bond donors (Lipinski definition) is 1. The largest absolute Gasteiger partial charge is 0.390 e. The van der Waals surface area contributed by atoms with Crippen LogP contribution in [0.15, 0.2) is 0 Å². The summed E-state index contributed by atoms with van der Waals surface area (Å²) in [6.45, 7) is 8.95. The highest BCUT2D eigenvalue weighted by Gasteiger charge is 2.58. The zero-order valence-corrected chi connectivity index (χ0v) is 9.85. The predicted molar refractivity (Wildman–Crippen MR) is 56.2 cm³/mol. The summed E-state index contributed by atoms with van der Waals surface area (Å²) in [4.78, 5) is 0. The fraction of sp³-hybridized carbons (Fsp3) is 1.00. The SMILES string of the molecule is CC[Si](CC)(CC)C1CC1(C)O. The summed E-state index contributed by atoms with van der Waals surface area (Å²) in [5.41, 5.74) is 0.416. The first kappa shape index (κ1) is 10.3. The second-order valence-corrected chi connectivity index (χ2v) is 10.1. The summed E-state index contributed by atoms with van der Waals surface area (Å²) in [7, 11) is -1.07. The van der Waals surface area contributed by atoms with Crippen molar-refractivity contribution in [1.82, 2.24) is 0 Å². The highest BCUT2D eigenvalue weighted by molar-refractivity contribution is 6.82. The molecule has 0 saturated heterocycles. The van der Waals surface area contributed by atoms with Crippen molar-refractivity contribution in [2.24, 2.45) is 0 Å². The molecule has 2 unspecified atom stereocenters. The molecular formula is C10H22OSi. The molecule has 0 aromatic carbocycles. The Labute approximate surface area is 77.2 Å². The highest BCUT2D eigenvalue weighted by atomic mass is 28.3. The van der Waals surface area contributed by atoms with E-state index >= 15 is 0 Å². The van der Waals surface area contributed by atoms with E-state index in [9.17, 15) is 5.11 Å². The first-order valence-electron chi connectivity index (χ1n) is 5.24. The van der Waals surface area contributed by atoms with Gasteiger partial charge in [0.05, 0.1) is 13.7 Å². The van der Waals surface area contributed by atoms with Gasteiger partial charge in [-0.2, -0.15) is 0 Å². The topological polar surface area (TPSA) is 20.2 Å². The van der Waals surface area contributed by atoms with Crippen molar-refractivity contribution >= 4 is 8.07 Å². The zero-order valence-electron chi connectivity index (χ0n) is 8.85. The monoisotopic (exact) mass is 186 g/mol. The predicted octanol–water partition coefficient (Wildman–Crippen LogP) is 3.02. The molecule has 72 valence electrons. The fourth-order valence-corrected chi connectivity index (χ4v) is 7.86. The fourth-order valence-electron chi connectivity index (χ4n) is 2.72. The maximum absolute atomic E-state index is 9.86. The van der Waals surface area contributed by atoms with Crippen LogP contribution in [0.25, 0.3) is 0 Å². The molecule has 0 heterocycles. The summed E-state index contributed by atoms with van der Waals surface area (Å²) >= 11 is 0. The van der Waals surface area contributed by atoms with E-state index in [0.29, 0.717) is 5.54 Å². The van der Waals surface area contributed by atoms with Gasteiger partial charge >= 0.3 is 0 Å². The Morgan fingerprint density at radius 2 is 1.58 bits per heavy atom. The molecule has 0 radical (unpaired) electrons. The van der Waals surface area contributed by atoms with Crippen molar-refractivity contribution in [3.8, 4) is 0 Å². The van der Waals surface area contributed by atoms with Crippen LogP contribution < -0.4 is 0 Å². The Hall–Kier alpha value is 0.177. The van der Waals surface area contributed by atoms with E-state index in [1.54, 1.807) is 0 Å². The zero-order chi connectivity index (χ0) is 9.41. The van der Waals surface area contributed by atoms with Crippen molar-refractivity contribution in [3.05, 3.63) is 0 Å². The molecule has 0 aromatic rings. The van der Waals surface area contributed by atoms with E-state index < -0.39 is 8.07 Å². The minimum atomic E-state index is -1.07. The molecule has 1 N–H and O–H groups in total. The smallest absolute Gasteiger partial charge is 0.0626 e. The minimum absolute atomic E-state index is 0.283. The van der Waals surface area contributed by atoms with E-state index in [1.165, 1.54) is 18.1 Å². The third-order valence-corrected chi connectivity index (χ3v) is 10.6. The molecule has 0 bridgehead atoms. The van der Waals surface area contributed by atoms with Crippen LogP contribution in [0.3, 0.4) is 0 Å². The van der Waals surface area contributed by atoms with Crippen molar-refractivity contribution in [1.29, 1.82) is 0 Å². The van der Waals surface area contributed by atoms with Crippen LogP contribution in [0.1, 0.15) is 34.1 Å². The summed E-state index contributed by atoms with van der Waals surface area (Å²) in [5, 5.41) is 9.86. The molecule has 1 aliphatic carbocycles. The molecule has 0 amide bonds. The van der Waals surface area contributed by atoms with E-state index in [1.807, 2.05) is 6.92 Å². The second kappa shape index (κ2) is 3.15. The molecule has 1 fully saturated rings. The van der Waals surface area contributed by atoms with E-state index in [0.717, 1.165) is 6.42 Å². The lowest BCUT2D eigenvalue weighted by molar-refractivity contribution is 0.170. The van der Waals surface area contributed by atoms with Crippen molar-refractivity contribution in [3.63, 3.8) is 0 Å². The molecule has 1 rings (SSSR count). The van der Waals surface area contributed by atoms with Gasteiger partial charge in [-0.1, -0.05) is 38.9 Å². The van der Waals surface area contributed by atoms with Crippen molar-refractivity contribution in [2.45, 2.75) is 63.4 Å². The maximum Gasteiger partial charge on any atom is 0.0626 e. The Morgan fingerprint density at radius 1 is 1.25 bits per heavy atom. The number of hydrogen-bond acceptors (Lipinski definition) is 1. The third-order valence-electron chi connectivity index (χ3n) is 4.06. The Morgan fingerprint density at radius 3 is 1.67 bits per heavy atom. The van der Waals surface area contributed by atoms with Crippen LogP contribution in [-0.4, -0.2) is 18.8 Å². The molecular weight excluding hydrogens is 164 g/mol. The molecule has 1 nitrogen and oxygen atoms in total. The van der Waals surface area contributed by atoms with Crippen LogP contribution in [0, 0.1) is 0 Å². The first-order chi connectivity index (χ1) is 5.52. The Bertz CT molecular complexity index is 153. The van der Waals surface area contributed by atoms with Crippen molar-refractivity contribution < 1.29 is 5.11 Å². The molecule has 0 spiro atoms. The van der Waals surface area contributed by atoms with Gasteiger partial charge in [-0.25, -0.2) is 0 Å². The average Bonchev–Trinajstić information content (AvgIpc) is 2.66. The van der Waals surface area contributed by atoms with Gasteiger partial charge in [0, 0.05) is 0 Å². The minimum Gasteiger partial charge on any atom is -0.390 e. The molecule has 0 aliphatic heterocycles. The van der Waals surface area contributed by atoms with E-state index in [2.05, 4.69) is 20.8 Å². The van der Waals surface area contributed by atoms with Gasteiger partial charge in [0.1, 0.15) is 0 Å². The van der Waals surface area contributed by atoms with Gasteiger partial charge in [-0.15, -0.1) is 0 Å². The normalized spacial score (nSPS) is 35.2. The van der Waals surface area contributed by atoms with Crippen LogP contribution >= 0.6 is 0 Å². The van der Waals surface area contributed by atoms with Gasteiger partial charge in [0.15, 0.2) is 0 Å². The van der Waals surface area contributed by atoms with Gasteiger partial charge < -0.3 is 5.11 Å². The van der Waals surface area contributed by atoms with E-state index in [-0.39, 0.29) is 5.60 Å². The van der Waals surface area contributed by atoms with Gasteiger partial charge in [-0.05, 0) is 18.9 Å². The summed E-state index contributed by atoms with van der Waals surface area (Å²) in [6, 6.07) is 4.04. The molecule has 12 heavy (non-hydrogen) atoms. The lowest BCUT2D eigenvalue weighted by Gasteiger charge is -2.29. The van der Waals surface area contributed by atoms with Crippen LogP contribution in [0.5, 0.6) is 0 Å². The average molecular weight is 186 g/mol. The summed E-state index contributed by atoms with van der Waals surface area (Å²) in [5.74, 6) is 0. The van der Waals surface area contributed by atoms with E-state index in [4.69, 9.17) is 0 Å². The summed E-state index contributed by atoms with van der Waals surface area (Å²) in [6.07, 6.45) is 1.08. The van der Waals surface area contributed by atoms with Crippen molar-refractivity contribution in [2.75, 3.05) is 0 Å². The number of aliphatic hydroxyl groups is 1. The lowest BCUT2D eigenvalue weighted by Crippen LogP contribution is -2.34. The molecule has 2 atom stereocenters. The second-order valence-electron chi connectivity index (χ2n) is 4.54. The van der Waals surface area contributed by atoms with Gasteiger partial charge in [-0.3, -0.25) is 0 Å². The molecule has 0 aromatic heterocycles. The van der Waals surface area contributed by atoms with Crippen LogP contribution in [0.2, 0.25) is 23.7 Å².